The number of nitrogens with zero attached hydrogens (tertiary/aromatic N) is 2. The van der Waals surface area contributed by atoms with Gasteiger partial charge < -0.3 is 9.73 Å². The number of para-hydroxylation sites is 1. The van der Waals surface area contributed by atoms with E-state index in [-0.39, 0.29) is 11.5 Å². The highest BCUT2D eigenvalue weighted by molar-refractivity contribution is 6.04. The van der Waals surface area contributed by atoms with Crippen LogP contribution in [-0.4, -0.2) is 10.9 Å². The summed E-state index contributed by atoms with van der Waals surface area (Å²) in [4.78, 5) is 22.1. The molecule has 1 N–H and O–H groups in total. The number of carbonyl (C=O) groups is 1. The molecule has 144 valence electrons. The van der Waals surface area contributed by atoms with Gasteiger partial charge in [0.25, 0.3) is 5.91 Å². The summed E-state index contributed by atoms with van der Waals surface area (Å²) < 4.78 is 6.02. The van der Waals surface area contributed by atoms with Crippen LogP contribution in [0.2, 0.25) is 0 Å². The van der Waals surface area contributed by atoms with Gasteiger partial charge in [-0.2, -0.15) is 0 Å². The number of aryl methyl sites for hydroxylation is 3. The van der Waals surface area contributed by atoms with E-state index in [1.165, 1.54) is 0 Å². The molecule has 0 spiro atoms. The van der Waals surface area contributed by atoms with Crippen LogP contribution in [0.1, 0.15) is 27.2 Å². The van der Waals surface area contributed by atoms with Crippen molar-refractivity contribution in [2.24, 2.45) is 4.99 Å². The van der Waals surface area contributed by atoms with Gasteiger partial charge in [0.15, 0.2) is 0 Å². The minimum Gasteiger partial charge on any atom is -0.438 e. The third-order valence-electron chi connectivity index (χ3n) is 4.60. The summed E-state index contributed by atoms with van der Waals surface area (Å²) in [7, 11) is 0. The van der Waals surface area contributed by atoms with E-state index in [2.05, 4.69) is 21.4 Å². The summed E-state index contributed by atoms with van der Waals surface area (Å²) >= 11 is 0. The largest absolute Gasteiger partial charge is 0.438 e. The van der Waals surface area contributed by atoms with Crippen LogP contribution in [0.5, 0.6) is 0 Å². The summed E-state index contributed by atoms with van der Waals surface area (Å²) in [5.74, 6) is 0.168. The first-order valence-electron chi connectivity index (χ1n) is 9.39. The number of rotatable bonds is 3. The van der Waals surface area contributed by atoms with Gasteiger partial charge in [0, 0.05) is 11.1 Å². The molecule has 2 aromatic heterocycles. The molecule has 2 heterocycles. The van der Waals surface area contributed by atoms with Crippen molar-refractivity contribution < 1.29 is 9.21 Å². The average molecular weight is 383 g/mol. The van der Waals surface area contributed by atoms with Crippen molar-refractivity contribution in [3.63, 3.8) is 0 Å². The molecule has 4 rings (SSSR count). The minimum absolute atomic E-state index is 0.265. The summed E-state index contributed by atoms with van der Waals surface area (Å²) in [6.07, 6.45) is 0. The average Bonchev–Trinajstić information content (AvgIpc) is 2.69. The van der Waals surface area contributed by atoms with E-state index in [0.717, 1.165) is 27.9 Å². The normalized spacial score (nSPS) is 11.6. The Balaban J connectivity index is 1.86. The van der Waals surface area contributed by atoms with Crippen molar-refractivity contribution in [2.75, 3.05) is 5.32 Å². The highest BCUT2D eigenvalue weighted by Gasteiger charge is 2.14. The molecule has 5 nitrogen and oxygen atoms in total. The maximum absolute atomic E-state index is 13.0. The van der Waals surface area contributed by atoms with Crippen LogP contribution in [0, 0.1) is 20.8 Å². The molecule has 2 aromatic carbocycles. The SMILES string of the molecule is Cc1ccc(N=c2oc3ccccc3cc2C(=O)Nc2cccc(C)n2)c(C)c1. The molecule has 29 heavy (non-hydrogen) atoms. The second-order valence-corrected chi connectivity index (χ2v) is 7.02. The number of amides is 1. The van der Waals surface area contributed by atoms with Gasteiger partial charge in [-0.1, -0.05) is 42.0 Å². The topological polar surface area (TPSA) is 67.5 Å². The summed E-state index contributed by atoms with van der Waals surface area (Å²) in [5, 5.41) is 3.67. The molecular weight excluding hydrogens is 362 g/mol. The van der Waals surface area contributed by atoms with Crippen LogP contribution in [0.25, 0.3) is 11.0 Å². The van der Waals surface area contributed by atoms with Gasteiger partial charge in [0.2, 0.25) is 5.55 Å². The first kappa shape index (κ1) is 18.6. The van der Waals surface area contributed by atoms with E-state index >= 15 is 0 Å². The van der Waals surface area contributed by atoms with E-state index < -0.39 is 0 Å². The van der Waals surface area contributed by atoms with Crippen LogP contribution in [-0.2, 0) is 0 Å². The third kappa shape index (κ3) is 4.09. The smallest absolute Gasteiger partial charge is 0.262 e. The van der Waals surface area contributed by atoms with Crippen molar-refractivity contribution in [1.82, 2.24) is 4.98 Å². The number of hydrogen-bond donors (Lipinski definition) is 1. The number of carbonyl (C=O) groups excluding carboxylic acids is 1. The molecule has 4 aromatic rings. The maximum atomic E-state index is 13.0. The predicted molar refractivity (Wildman–Crippen MR) is 114 cm³/mol. The van der Waals surface area contributed by atoms with Crippen molar-refractivity contribution in [2.45, 2.75) is 20.8 Å². The fourth-order valence-corrected chi connectivity index (χ4v) is 3.15. The maximum Gasteiger partial charge on any atom is 0.262 e. The van der Waals surface area contributed by atoms with Gasteiger partial charge in [-0.05, 0) is 56.7 Å². The lowest BCUT2D eigenvalue weighted by molar-refractivity contribution is 0.102. The zero-order valence-corrected chi connectivity index (χ0v) is 16.6. The molecule has 0 unspecified atom stereocenters. The van der Waals surface area contributed by atoms with Gasteiger partial charge in [0.05, 0.1) is 5.69 Å². The Morgan fingerprint density at radius 1 is 0.966 bits per heavy atom. The first-order chi connectivity index (χ1) is 14.0. The minimum atomic E-state index is -0.318. The number of nitrogens with one attached hydrogen (secondary N) is 1. The molecule has 0 fully saturated rings. The van der Waals surface area contributed by atoms with Crippen LogP contribution in [0.15, 0.2) is 76.1 Å². The number of benzene rings is 2. The fourth-order valence-electron chi connectivity index (χ4n) is 3.15. The van der Waals surface area contributed by atoms with Crippen molar-refractivity contribution >= 4 is 28.4 Å². The summed E-state index contributed by atoms with van der Waals surface area (Å²) in [5.41, 5.74) is 5.04. The summed E-state index contributed by atoms with van der Waals surface area (Å²) in [6.45, 7) is 5.90. The van der Waals surface area contributed by atoms with E-state index in [9.17, 15) is 4.79 Å². The number of fused-ring (bicyclic) bond motifs is 1. The molecule has 0 radical (unpaired) electrons. The number of hydrogen-bond acceptors (Lipinski definition) is 4. The molecule has 0 aliphatic rings. The van der Waals surface area contributed by atoms with Crippen molar-refractivity contribution in [1.29, 1.82) is 0 Å². The Kier molecular flexibility index (Phi) is 4.96. The Bertz CT molecular complexity index is 1290. The highest BCUT2D eigenvalue weighted by atomic mass is 16.3. The second kappa shape index (κ2) is 7.72. The van der Waals surface area contributed by atoms with Crippen LogP contribution in [0.3, 0.4) is 0 Å². The Hall–Kier alpha value is -3.73. The lowest BCUT2D eigenvalue weighted by atomic mass is 10.1. The van der Waals surface area contributed by atoms with Crippen molar-refractivity contribution in [3.8, 4) is 0 Å². The van der Waals surface area contributed by atoms with Gasteiger partial charge >= 0.3 is 0 Å². The standard InChI is InChI=1S/C24H21N3O2/c1-15-11-12-20(16(2)13-15)26-24-19(14-18-8-4-5-9-21(18)29-24)23(28)27-22-10-6-7-17(3)25-22/h4-14H,1-3H3,(H,25,27,28). The molecule has 0 saturated carbocycles. The van der Waals surface area contributed by atoms with Gasteiger partial charge in [-0.25, -0.2) is 9.98 Å². The van der Waals surface area contributed by atoms with E-state index in [0.29, 0.717) is 17.0 Å². The monoisotopic (exact) mass is 383 g/mol. The number of anilines is 1. The van der Waals surface area contributed by atoms with Crippen molar-refractivity contribution in [3.05, 3.63) is 94.7 Å². The summed E-state index contributed by atoms with van der Waals surface area (Å²) in [6, 6.07) is 20.8. The second-order valence-electron chi connectivity index (χ2n) is 7.02. The van der Waals surface area contributed by atoms with Gasteiger partial charge in [-0.15, -0.1) is 0 Å². The van der Waals surface area contributed by atoms with Crippen LogP contribution in [0.4, 0.5) is 11.5 Å². The zero-order chi connectivity index (χ0) is 20.4. The lowest BCUT2D eigenvalue weighted by Crippen LogP contribution is -2.22. The molecule has 0 aliphatic carbocycles. The molecule has 0 atom stereocenters. The first-order valence-corrected chi connectivity index (χ1v) is 9.39. The fraction of sp³-hybridized carbons (Fsp3) is 0.125. The molecule has 0 bridgehead atoms. The number of aromatic nitrogens is 1. The highest BCUT2D eigenvalue weighted by Crippen LogP contribution is 2.20. The van der Waals surface area contributed by atoms with E-state index in [1.54, 1.807) is 12.1 Å². The van der Waals surface area contributed by atoms with Gasteiger partial charge in [0.1, 0.15) is 17.0 Å². The van der Waals surface area contributed by atoms with Crippen LogP contribution < -0.4 is 10.9 Å². The zero-order valence-electron chi connectivity index (χ0n) is 16.6. The molecule has 0 saturated heterocycles. The quantitative estimate of drug-likeness (QED) is 0.526. The van der Waals surface area contributed by atoms with Crippen LogP contribution >= 0.6 is 0 Å². The Morgan fingerprint density at radius 3 is 2.59 bits per heavy atom. The molecule has 0 aliphatic heterocycles. The lowest BCUT2D eigenvalue weighted by Gasteiger charge is -2.07. The van der Waals surface area contributed by atoms with E-state index in [4.69, 9.17) is 4.42 Å². The molecule has 1 amide bonds. The Labute approximate surface area is 168 Å². The molecular formula is C24H21N3O2. The Morgan fingerprint density at radius 2 is 1.79 bits per heavy atom. The molecule has 5 heteroatoms. The van der Waals surface area contributed by atoms with E-state index in [1.807, 2.05) is 69.3 Å². The number of pyridine rings is 1. The third-order valence-corrected chi connectivity index (χ3v) is 4.60. The van der Waals surface area contributed by atoms with Gasteiger partial charge in [-0.3, -0.25) is 4.79 Å². The predicted octanol–water partition coefficient (Wildman–Crippen LogP) is 5.24.